The van der Waals surface area contributed by atoms with Crippen LogP contribution in [0.3, 0.4) is 0 Å². The molecular formula is C15H13ClIN3O2S. The van der Waals surface area contributed by atoms with E-state index in [1.807, 2.05) is 13.0 Å². The van der Waals surface area contributed by atoms with E-state index in [4.69, 9.17) is 28.6 Å². The Bertz CT molecular complexity index is 770. The number of benzene rings is 1. The quantitative estimate of drug-likeness (QED) is 0.538. The number of ether oxygens (including phenoxy) is 1. The van der Waals surface area contributed by atoms with Gasteiger partial charge in [-0.2, -0.15) is 0 Å². The lowest BCUT2D eigenvalue weighted by atomic mass is 10.2. The van der Waals surface area contributed by atoms with Gasteiger partial charge in [-0.15, -0.1) is 0 Å². The molecule has 120 valence electrons. The van der Waals surface area contributed by atoms with Crippen LogP contribution in [0.25, 0.3) is 0 Å². The molecule has 0 saturated heterocycles. The lowest BCUT2D eigenvalue weighted by molar-refractivity contribution is 0.0975. The maximum atomic E-state index is 12.3. The summed E-state index contributed by atoms with van der Waals surface area (Å²) in [6.07, 6.45) is 0. The number of pyridine rings is 1. The first-order valence-electron chi connectivity index (χ1n) is 6.49. The van der Waals surface area contributed by atoms with E-state index >= 15 is 0 Å². The molecule has 5 nitrogen and oxygen atoms in total. The van der Waals surface area contributed by atoms with Crippen molar-refractivity contribution in [2.75, 3.05) is 12.4 Å². The van der Waals surface area contributed by atoms with Gasteiger partial charge in [0.1, 0.15) is 11.6 Å². The van der Waals surface area contributed by atoms with E-state index < -0.39 is 5.91 Å². The Kier molecular flexibility index (Phi) is 6.14. The van der Waals surface area contributed by atoms with Crippen LogP contribution >= 0.6 is 46.4 Å². The van der Waals surface area contributed by atoms with Crippen molar-refractivity contribution >= 4 is 63.2 Å². The number of aryl methyl sites for hydroxylation is 1. The molecule has 1 heterocycles. The highest BCUT2D eigenvalue weighted by Crippen LogP contribution is 2.22. The second-order valence-corrected chi connectivity index (χ2v) is 6.52. The molecule has 0 unspecified atom stereocenters. The van der Waals surface area contributed by atoms with Gasteiger partial charge in [-0.1, -0.05) is 11.6 Å². The summed E-state index contributed by atoms with van der Waals surface area (Å²) in [4.78, 5) is 16.6. The highest BCUT2D eigenvalue weighted by Gasteiger charge is 2.14. The largest absolute Gasteiger partial charge is 0.496 e. The van der Waals surface area contributed by atoms with Gasteiger partial charge in [0.15, 0.2) is 5.11 Å². The van der Waals surface area contributed by atoms with Crippen molar-refractivity contribution in [2.45, 2.75) is 6.92 Å². The molecule has 0 aliphatic heterocycles. The summed E-state index contributed by atoms with van der Waals surface area (Å²) in [5.41, 5.74) is 1.18. The molecular weight excluding hydrogens is 449 g/mol. The van der Waals surface area contributed by atoms with Gasteiger partial charge in [-0.3, -0.25) is 10.1 Å². The molecule has 0 radical (unpaired) electrons. The topological polar surface area (TPSA) is 63.2 Å². The summed E-state index contributed by atoms with van der Waals surface area (Å²) < 4.78 is 6.20. The second kappa shape index (κ2) is 7.89. The molecule has 0 atom stereocenters. The number of carbonyl (C=O) groups excluding carboxylic acids is 1. The third-order valence-electron chi connectivity index (χ3n) is 2.90. The third kappa shape index (κ3) is 4.76. The summed E-state index contributed by atoms with van der Waals surface area (Å²) in [5, 5.41) is 6.03. The molecule has 1 aromatic heterocycles. The number of nitrogens with zero attached hydrogens (tertiary/aromatic N) is 1. The Balaban J connectivity index is 2.09. The van der Waals surface area contributed by atoms with Gasteiger partial charge < -0.3 is 10.1 Å². The molecule has 8 heteroatoms. The zero-order valence-corrected chi connectivity index (χ0v) is 16.0. The average Bonchev–Trinajstić information content (AvgIpc) is 2.50. The van der Waals surface area contributed by atoms with Crippen molar-refractivity contribution in [3.8, 4) is 5.75 Å². The monoisotopic (exact) mass is 461 g/mol. The highest BCUT2D eigenvalue weighted by atomic mass is 127. The summed E-state index contributed by atoms with van der Waals surface area (Å²) in [7, 11) is 1.48. The number of halogens is 2. The smallest absolute Gasteiger partial charge is 0.261 e. The Hall–Kier alpha value is -1.45. The van der Waals surface area contributed by atoms with Crippen LogP contribution in [0.15, 0.2) is 30.3 Å². The first-order chi connectivity index (χ1) is 10.9. The van der Waals surface area contributed by atoms with Crippen molar-refractivity contribution < 1.29 is 9.53 Å². The van der Waals surface area contributed by atoms with E-state index in [2.05, 4.69) is 38.2 Å². The van der Waals surface area contributed by atoms with Crippen LogP contribution < -0.4 is 15.4 Å². The average molecular weight is 462 g/mol. The van der Waals surface area contributed by atoms with Gasteiger partial charge in [0, 0.05) is 8.59 Å². The van der Waals surface area contributed by atoms with Crippen molar-refractivity contribution in [3.63, 3.8) is 0 Å². The SMILES string of the molecule is COc1ccc(Cl)cc1C(=O)NC(=S)Nc1ccc(I)c(C)n1. The van der Waals surface area contributed by atoms with Crippen LogP contribution in [0.2, 0.25) is 5.02 Å². The van der Waals surface area contributed by atoms with Crippen molar-refractivity contribution in [1.29, 1.82) is 0 Å². The van der Waals surface area contributed by atoms with Crippen LogP contribution in [0.4, 0.5) is 5.82 Å². The van der Waals surface area contributed by atoms with Crippen LogP contribution in [0.1, 0.15) is 16.1 Å². The normalized spacial score (nSPS) is 10.1. The van der Waals surface area contributed by atoms with Crippen LogP contribution in [0.5, 0.6) is 5.75 Å². The molecule has 0 spiro atoms. The minimum atomic E-state index is -0.413. The number of rotatable bonds is 3. The van der Waals surface area contributed by atoms with Gasteiger partial charge in [-0.25, -0.2) is 4.98 Å². The van der Waals surface area contributed by atoms with Crippen LogP contribution in [0, 0.1) is 10.5 Å². The number of hydrogen-bond acceptors (Lipinski definition) is 4. The van der Waals surface area contributed by atoms with Gasteiger partial charge in [0.2, 0.25) is 0 Å². The minimum Gasteiger partial charge on any atom is -0.496 e. The fourth-order valence-corrected chi connectivity index (χ4v) is 2.46. The highest BCUT2D eigenvalue weighted by molar-refractivity contribution is 14.1. The van der Waals surface area contributed by atoms with Gasteiger partial charge in [0.25, 0.3) is 5.91 Å². The van der Waals surface area contributed by atoms with Gasteiger partial charge in [0.05, 0.1) is 18.4 Å². The molecule has 0 aliphatic carbocycles. The Morgan fingerprint density at radius 3 is 2.74 bits per heavy atom. The predicted molar refractivity (Wildman–Crippen MR) is 103 cm³/mol. The number of aromatic nitrogens is 1. The van der Waals surface area contributed by atoms with Gasteiger partial charge >= 0.3 is 0 Å². The first kappa shape index (κ1) is 17.9. The maximum Gasteiger partial charge on any atom is 0.261 e. The lowest BCUT2D eigenvalue weighted by Gasteiger charge is -2.12. The number of amides is 1. The molecule has 2 rings (SSSR count). The molecule has 1 aromatic carbocycles. The Morgan fingerprint density at radius 2 is 2.09 bits per heavy atom. The number of nitrogens with one attached hydrogen (secondary N) is 2. The summed E-state index contributed by atoms with van der Waals surface area (Å²) in [5.74, 6) is 0.563. The number of anilines is 1. The first-order valence-corrected chi connectivity index (χ1v) is 8.36. The van der Waals surface area contributed by atoms with Crippen LogP contribution in [-0.2, 0) is 0 Å². The number of thiocarbonyl (C=S) groups is 1. The molecule has 2 N–H and O–H groups in total. The summed E-state index contributed by atoms with van der Waals surface area (Å²) in [6.45, 7) is 1.89. The Labute approximate surface area is 157 Å². The molecule has 23 heavy (non-hydrogen) atoms. The predicted octanol–water partition coefficient (Wildman–Crippen LogP) is 3.78. The van der Waals surface area contributed by atoms with E-state index in [1.165, 1.54) is 13.2 Å². The molecule has 0 fully saturated rings. The molecule has 0 aliphatic rings. The van der Waals surface area contributed by atoms with Gasteiger partial charge in [-0.05, 0) is 72.1 Å². The standard InChI is InChI=1S/C15H13ClIN3O2S/c1-8-11(17)4-6-13(18-8)19-15(23)20-14(21)10-7-9(16)3-5-12(10)22-2/h3-7H,1-2H3,(H2,18,19,20,21,23). The molecule has 0 bridgehead atoms. The van der Waals surface area contributed by atoms with Crippen molar-refractivity contribution in [3.05, 3.63) is 50.2 Å². The van der Waals surface area contributed by atoms with E-state index in [0.717, 1.165) is 9.26 Å². The van der Waals surface area contributed by atoms with Crippen molar-refractivity contribution in [2.24, 2.45) is 0 Å². The number of methoxy groups -OCH3 is 1. The molecule has 0 saturated carbocycles. The summed E-state index contributed by atoms with van der Waals surface area (Å²) in [6, 6.07) is 8.48. The zero-order valence-electron chi connectivity index (χ0n) is 12.3. The maximum absolute atomic E-state index is 12.3. The van der Waals surface area contributed by atoms with E-state index in [1.54, 1.807) is 18.2 Å². The minimum absolute atomic E-state index is 0.144. The van der Waals surface area contributed by atoms with E-state index in [0.29, 0.717) is 22.2 Å². The second-order valence-electron chi connectivity index (χ2n) is 4.52. The number of hydrogen-bond donors (Lipinski definition) is 2. The fourth-order valence-electron chi connectivity index (χ4n) is 1.79. The van der Waals surface area contributed by atoms with Crippen LogP contribution in [-0.4, -0.2) is 23.1 Å². The van der Waals surface area contributed by atoms with Crippen molar-refractivity contribution in [1.82, 2.24) is 10.3 Å². The zero-order chi connectivity index (χ0) is 17.0. The molecule has 2 aromatic rings. The van der Waals surface area contributed by atoms with E-state index in [-0.39, 0.29) is 5.11 Å². The third-order valence-corrected chi connectivity index (χ3v) is 4.48. The fraction of sp³-hybridized carbons (Fsp3) is 0.133. The molecule has 1 amide bonds. The van der Waals surface area contributed by atoms with E-state index in [9.17, 15) is 4.79 Å². The Morgan fingerprint density at radius 1 is 1.35 bits per heavy atom. The lowest BCUT2D eigenvalue weighted by Crippen LogP contribution is -2.34. The summed E-state index contributed by atoms with van der Waals surface area (Å²) >= 11 is 13.3. The number of carbonyl (C=O) groups is 1.